The van der Waals surface area contributed by atoms with Gasteiger partial charge in [0.2, 0.25) is 0 Å². The molecular formula is C25H31F3N2O. The smallest absolute Gasteiger partial charge is 0.416 e. The first-order valence-corrected chi connectivity index (χ1v) is 11.2. The van der Waals surface area contributed by atoms with Crippen molar-refractivity contribution in [3.05, 3.63) is 65.2 Å². The van der Waals surface area contributed by atoms with Gasteiger partial charge in [-0.15, -0.1) is 0 Å². The zero-order valence-corrected chi connectivity index (χ0v) is 18.1. The van der Waals surface area contributed by atoms with Crippen molar-refractivity contribution in [3.8, 4) is 5.75 Å². The molecule has 0 N–H and O–H groups in total. The highest BCUT2D eigenvalue weighted by Crippen LogP contribution is 2.37. The molecule has 0 amide bonds. The minimum absolute atomic E-state index is 0.106. The highest BCUT2D eigenvalue weighted by Gasteiger charge is 2.37. The van der Waals surface area contributed by atoms with Crippen LogP contribution >= 0.6 is 0 Å². The van der Waals surface area contributed by atoms with Crippen LogP contribution in [-0.2, 0) is 12.7 Å². The van der Waals surface area contributed by atoms with E-state index in [0.29, 0.717) is 5.92 Å². The van der Waals surface area contributed by atoms with Gasteiger partial charge in [0.05, 0.1) is 12.7 Å². The highest BCUT2D eigenvalue weighted by atomic mass is 19.4. The number of hydrogen-bond acceptors (Lipinski definition) is 3. The van der Waals surface area contributed by atoms with Gasteiger partial charge < -0.3 is 9.64 Å². The van der Waals surface area contributed by atoms with Gasteiger partial charge in [-0.2, -0.15) is 13.2 Å². The third-order valence-electron chi connectivity index (χ3n) is 6.64. The zero-order chi connectivity index (χ0) is 21.8. The number of likely N-dealkylation sites (tertiary alicyclic amines) is 2. The van der Waals surface area contributed by atoms with Crippen LogP contribution in [0.3, 0.4) is 0 Å². The van der Waals surface area contributed by atoms with Gasteiger partial charge in [0.25, 0.3) is 0 Å². The Kier molecular flexibility index (Phi) is 6.87. The molecule has 0 saturated carbocycles. The van der Waals surface area contributed by atoms with Crippen LogP contribution in [0.5, 0.6) is 5.75 Å². The van der Waals surface area contributed by atoms with E-state index in [1.807, 2.05) is 24.3 Å². The van der Waals surface area contributed by atoms with Crippen molar-refractivity contribution in [1.82, 2.24) is 9.80 Å². The van der Waals surface area contributed by atoms with Crippen molar-refractivity contribution in [2.75, 3.05) is 39.8 Å². The second-order valence-electron chi connectivity index (χ2n) is 8.90. The maximum absolute atomic E-state index is 13.3. The number of rotatable bonds is 6. The summed E-state index contributed by atoms with van der Waals surface area (Å²) in [6, 6.07) is 14.0. The Morgan fingerprint density at radius 3 is 2.45 bits per heavy atom. The number of hydrogen-bond donors (Lipinski definition) is 0. The van der Waals surface area contributed by atoms with Gasteiger partial charge in [0, 0.05) is 32.1 Å². The quantitative estimate of drug-likeness (QED) is 0.607. The molecule has 3 nitrogen and oxygen atoms in total. The van der Waals surface area contributed by atoms with E-state index in [0.717, 1.165) is 50.6 Å². The molecule has 168 valence electrons. The summed E-state index contributed by atoms with van der Waals surface area (Å²) in [5.74, 6) is 1.26. The summed E-state index contributed by atoms with van der Waals surface area (Å²) >= 11 is 0. The molecule has 2 saturated heterocycles. The molecule has 2 atom stereocenters. The summed E-state index contributed by atoms with van der Waals surface area (Å²) in [7, 11) is 1.66. The Labute approximate surface area is 182 Å². The van der Waals surface area contributed by atoms with Crippen LogP contribution in [0.4, 0.5) is 13.2 Å². The maximum Gasteiger partial charge on any atom is 0.416 e. The van der Waals surface area contributed by atoms with E-state index in [-0.39, 0.29) is 5.92 Å². The molecular weight excluding hydrogens is 401 g/mol. The Morgan fingerprint density at radius 1 is 0.935 bits per heavy atom. The van der Waals surface area contributed by atoms with Crippen molar-refractivity contribution < 1.29 is 17.9 Å². The van der Waals surface area contributed by atoms with Crippen LogP contribution in [0.25, 0.3) is 0 Å². The minimum Gasteiger partial charge on any atom is -0.497 e. The third-order valence-corrected chi connectivity index (χ3v) is 6.64. The van der Waals surface area contributed by atoms with Crippen LogP contribution in [0.15, 0.2) is 48.5 Å². The lowest BCUT2D eigenvalue weighted by atomic mass is 9.87. The molecule has 0 aromatic heterocycles. The molecule has 6 heteroatoms. The molecule has 0 bridgehead atoms. The highest BCUT2D eigenvalue weighted by molar-refractivity contribution is 5.31. The van der Waals surface area contributed by atoms with Gasteiger partial charge in [-0.1, -0.05) is 36.8 Å². The number of alkyl halides is 3. The minimum atomic E-state index is -4.31. The van der Waals surface area contributed by atoms with E-state index in [1.165, 1.54) is 37.0 Å². The van der Waals surface area contributed by atoms with Crippen molar-refractivity contribution in [2.24, 2.45) is 5.92 Å². The molecule has 0 aliphatic carbocycles. The second kappa shape index (κ2) is 9.61. The van der Waals surface area contributed by atoms with E-state index >= 15 is 0 Å². The van der Waals surface area contributed by atoms with Crippen LogP contribution in [-0.4, -0.2) is 49.6 Å². The molecule has 4 rings (SSSR count). The molecule has 2 aromatic carbocycles. The summed E-state index contributed by atoms with van der Waals surface area (Å²) < 4.78 is 45.3. The molecule has 2 aliphatic heterocycles. The molecule has 2 aromatic rings. The van der Waals surface area contributed by atoms with Gasteiger partial charge in [-0.05, 0) is 61.2 Å². The first-order valence-electron chi connectivity index (χ1n) is 11.2. The van der Waals surface area contributed by atoms with Crippen LogP contribution in [0, 0.1) is 5.92 Å². The predicted octanol–water partition coefficient (Wildman–Crippen LogP) is 5.42. The number of piperidine rings is 1. The molecule has 2 heterocycles. The van der Waals surface area contributed by atoms with Crippen molar-refractivity contribution >= 4 is 0 Å². The lowest BCUT2D eigenvalue weighted by Gasteiger charge is -2.31. The summed E-state index contributed by atoms with van der Waals surface area (Å²) in [5, 5.41) is 0. The Morgan fingerprint density at radius 2 is 1.71 bits per heavy atom. The number of nitrogens with zero attached hydrogens (tertiary/aromatic N) is 2. The molecule has 2 aliphatic rings. The van der Waals surface area contributed by atoms with Crippen molar-refractivity contribution in [3.63, 3.8) is 0 Å². The fourth-order valence-electron chi connectivity index (χ4n) is 5.10. The standard InChI is InChI=1S/C25H31F3N2O/c1-31-23-10-5-7-19(13-23)15-30-17-21(16-29-11-3-2-4-12-29)24(18-30)20-8-6-9-22(14-20)25(26,27)28/h5-10,13-14,21,24H,2-4,11-12,15-18H2,1H3/t21-,24-/m1/s1. The fraction of sp³-hybridized carbons (Fsp3) is 0.520. The largest absolute Gasteiger partial charge is 0.497 e. The van der Waals surface area contributed by atoms with Crippen molar-refractivity contribution in [2.45, 2.75) is 37.9 Å². The van der Waals surface area contributed by atoms with E-state index in [2.05, 4.69) is 15.9 Å². The van der Waals surface area contributed by atoms with E-state index in [1.54, 1.807) is 13.2 Å². The summed E-state index contributed by atoms with van der Waals surface area (Å²) in [6.07, 6.45) is -0.597. The van der Waals surface area contributed by atoms with Crippen LogP contribution in [0.2, 0.25) is 0 Å². The predicted molar refractivity (Wildman–Crippen MR) is 116 cm³/mol. The summed E-state index contributed by atoms with van der Waals surface area (Å²) in [4.78, 5) is 4.89. The SMILES string of the molecule is COc1cccc(CN2C[C@@H](CN3CCCCC3)[C@@H](c3cccc(C(F)(F)F)c3)C2)c1. The Balaban J connectivity index is 1.54. The molecule has 0 spiro atoms. The maximum atomic E-state index is 13.3. The number of methoxy groups -OCH3 is 1. The molecule has 0 unspecified atom stereocenters. The lowest BCUT2D eigenvalue weighted by molar-refractivity contribution is -0.137. The lowest BCUT2D eigenvalue weighted by Crippen LogP contribution is -2.36. The first-order chi connectivity index (χ1) is 14.9. The molecule has 0 radical (unpaired) electrons. The molecule has 2 fully saturated rings. The second-order valence-corrected chi connectivity index (χ2v) is 8.90. The van der Waals surface area contributed by atoms with Crippen LogP contribution in [0.1, 0.15) is 41.9 Å². The van der Waals surface area contributed by atoms with Gasteiger partial charge in [0.15, 0.2) is 0 Å². The average molecular weight is 433 g/mol. The normalized spacial score (nSPS) is 23.2. The Bertz CT molecular complexity index is 864. The summed E-state index contributed by atoms with van der Waals surface area (Å²) in [5.41, 5.74) is 1.43. The molecule has 31 heavy (non-hydrogen) atoms. The van der Waals surface area contributed by atoms with Gasteiger partial charge in [-0.3, -0.25) is 4.90 Å². The van der Waals surface area contributed by atoms with Crippen LogP contribution < -0.4 is 4.74 Å². The van der Waals surface area contributed by atoms with E-state index < -0.39 is 11.7 Å². The average Bonchev–Trinajstić information content (AvgIpc) is 3.16. The van der Waals surface area contributed by atoms with Gasteiger partial charge in [-0.25, -0.2) is 0 Å². The third kappa shape index (κ3) is 5.60. The number of benzene rings is 2. The Hall–Kier alpha value is -2.05. The monoisotopic (exact) mass is 432 g/mol. The van der Waals surface area contributed by atoms with Crippen molar-refractivity contribution in [1.29, 1.82) is 0 Å². The van der Waals surface area contributed by atoms with E-state index in [9.17, 15) is 13.2 Å². The number of halogens is 3. The van der Waals surface area contributed by atoms with Gasteiger partial charge in [0.1, 0.15) is 5.75 Å². The topological polar surface area (TPSA) is 15.7 Å². The summed E-state index contributed by atoms with van der Waals surface area (Å²) in [6.45, 7) is 5.60. The number of ether oxygens (including phenoxy) is 1. The fourth-order valence-corrected chi connectivity index (χ4v) is 5.10. The first kappa shape index (κ1) is 22.2. The van der Waals surface area contributed by atoms with E-state index in [4.69, 9.17) is 4.74 Å². The van der Waals surface area contributed by atoms with Gasteiger partial charge >= 0.3 is 6.18 Å². The zero-order valence-electron chi connectivity index (χ0n) is 18.1.